The molecule has 7 heteroatoms. The van der Waals surface area contributed by atoms with E-state index >= 15 is 0 Å². The van der Waals surface area contributed by atoms with Crippen molar-refractivity contribution < 1.29 is 8.42 Å². The van der Waals surface area contributed by atoms with Gasteiger partial charge in [0, 0.05) is 15.9 Å². The van der Waals surface area contributed by atoms with Gasteiger partial charge in [-0.25, -0.2) is 8.42 Å². The average Bonchev–Trinajstić information content (AvgIpc) is 2.69. The zero-order valence-corrected chi connectivity index (χ0v) is 15.2. The molecule has 0 aliphatic carbocycles. The molecule has 0 spiro atoms. The fourth-order valence-electron chi connectivity index (χ4n) is 2.13. The van der Waals surface area contributed by atoms with Crippen LogP contribution in [0.2, 0.25) is 0 Å². The van der Waals surface area contributed by atoms with Crippen LogP contribution in [0.1, 0.15) is 16.0 Å². The van der Waals surface area contributed by atoms with Crippen LogP contribution in [0.15, 0.2) is 32.9 Å². The van der Waals surface area contributed by atoms with Gasteiger partial charge in [0.1, 0.15) is 4.90 Å². The van der Waals surface area contributed by atoms with Crippen molar-refractivity contribution in [2.75, 3.05) is 11.8 Å². The number of benzene rings is 1. The number of halogens is 1. The molecule has 0 saturated carbocycles. The number of sulfonamides is 1. The number of rotatable bonds is 5. The summed E-state index contributed by atoms with van der Waals surface area (Å²) in [5.74, 6) is 0. The summed E-state index contributed by atoms with van der Waals surface area (Å²) in [6.07, 6.45) is 0. The number of thiophene rings is 1. The Balaban J connectivity index is 2.41. The smallest absolute Gasteiger partial charge is 0.263 e. The van der Waals surface area contributed by atoms with Gasteiger partial charge >= 0.3 is 0 Å². The van der Waals surface area contributed by atoms with E-state index in [-0.39, 0.29) is 0 Å². The highest BCUT2D eigenvalue weighted by Gasteiger charge is 2.23. The lowest BCUT2D eigenvalue weighted by molar-refractivity contribution is 0.599. The number of aryl methyl sites for hydroxylation is 2. The van der Waals surface area contributed by atoms with Gasteiger partial charge in [-0.05, 0) is 55.6 Å². The normalized spacial score (nSPS) is 11.6. The summed E-state index contributed by atoms with van der Waals surface area (Å²) in [6.45, 7) is 4.27. The first-order chi connectivity index (χ1) is 9.83. The van der Waals surface area contributed by atoms with Crippen LogP contribution in [0.25, 0.3) is 0 Å². The SMILES string of the molecule is CNCc1scc(C)c1S(=O)(=O)Nc1cc(C)cc(Br)c1. The highest BCUT2D eigenvalue weighted by atomic mass is 79.9. The van der Waals surface area contributed by atoms with E-state index in [2.05, 4.69) is 26.0 Å². The van der Waals surface area contributed by atoms with Gasteiger partial charge in [0.25, 0.3) is 10.0 Å². The number of anilines is 1. The molecular weight excluding hydrogens is 372 g/mol. The van der Waals surface area contributed by atoms with Gasteiger partial charge in [-0.1, -0.05) is 15.9 Å². The van der Waals surface area contributed by atoms with Crippen molar-refractivity contribution >= 4 is 43.0 Å². The predicted octanol–water partition coefficient (Wildman–Crippen LogP) is 3.65. The third-order valence-corrected chi connectivity index (χ3v) is 6.19. The Morgan fingerprint density at radius 2 is 1.95 bits per heavy atom. The van der Waals surface area contributed by atoms with Crippen LogP contribution in [0.3, 0.4) is 0 Å². The van der Waals surface area contributed by atoms with Crippen molar-refractivity contribution in [1.29, 1.82) is 0 Å². The molecule has 2 N–H and O–H groups in total. The first-order valence-corrected chi connectivity index (χ1v) is 9.50. The quantitative estimate of drug-likeness (QED) is 0.821. The van der Waals surface area contributed by atoms with Gasteiger partial charge in [0.05, 0.1) is 5.69 Å². The second kappa shape index (κ2) is 6.48. The van der Waals surface area contributed by atoms with Crippen LogP contribution in [-0.2, 0) is 16.6 Å². The van der Waals surface area contributed by atoms with Crippen LogP contribution in [0, 0.1) is 13.8 Å². The first-order valence-electron chi connectivity index (χ1n) is 6.35. The van der Waals surface area contributed by atoms with Gasteiger partial charge in [0.15, 0.2) is 0 Å². The van der Waals surface area contributed by atoms with Gasteiger partial charge in [0.2, 0.25) is 0 Å². The van der Waals surface area contributed by atoms with E-state index in [1.807, 2.05) is 31.4 Å². The topological polar surface area (TPSA) is 58.2 Å². The Morgan fingerprint density at radius 1 is 1.24 bits per heavy atom. The molecule has 4 nitrogen and oxygen atoms in total. The number of hydrogen-bond donors (Lipinski definition) is 2. The fraction of sp³-hybridized carbons (Fsp3) is 0.286. The number of nitrogens with one attached hydrogen (secondary N) is 2. The third kappa shape index (κ3) is 3.85. The molecule has 2 aromatic rings. The second-order valence-electron chi connectivity index (χ2n) is 4.82. The minimum Gasteiger partial charge on any atom is -0.315 e. The lowest BCUT2D eigenvalue weighted by Gasteiger charge is -2.11. The molecule has 1 aromatic heterocycles. The van der Waals surface area contributed by atoms with Gasteiger partial charge in [-0.2, -0.15) is 0 Å². The molecule has 0 unspecified atom stereocenters. The molecule has 0 atom stereocenters. The summed E-state index contributed by atoms with van der Waals surface area (Å²) >= 11 is 4.83. The molecule has 0 radical (unpaired) electrons. The van der Waals surface area contributed by atoms with E-state index in [1.54, 1.807) is 13.1 Å². The number of hydrogen-bond acceptors (Lipinski definition) is 4. The molecule has 0 saturated heterocycles. The minimum atomic E-state index is -3.59. The van der Waals surface area contributed by atoms with Crippen LogP contribution >= 0.6 is 27.3 Å². The maximum absolute atomic E-state index is 12.7. The maximum atomic E-state index is 12.7. The van der Waals surface area contributed by atoms with Crippen LogP contribution in [0.4, 0.5) is 5.69 Å². The monoisotopic (exact) mass is 388 g/mol. The summed E-state index contributed by atoms with van der Waals surface area (Å²) in [6, 6.07) is 5.49. The van der Waals surface area contributed by atoms with E-state index in [0.717, 1.165) is 20.5 Å². The van der Waals surface area contributed by atoms with Crippen molar-refractivity contribution in [3.05, 3.63) is 44.1 Å². The zero-order chi connectivity index (χ0) is 15.6. The Labute approximate surface area is 137 Å². The van der Waals surface area contributed by atoms with Crippen molar-refractivity contribution in [2.24, 2.45) is 0 Å². The third-order valence-electron chi connectivity index (χ3n) is 2.89. The second-order valence-corrected chi connectivity index (χ2v) is 8.32. The maximum Gasteiger partial charge on any atom is 0.263 e. The molecule has 114 valence electrons. The van der Waals surface area contributed by atoms with Gasteiger partial charge in [-0.3, -0.25) is 4.72 Å². The van der Waals surface area contributed by atoms with Crippen molar-refractivity contribution in [3.8, 4) is 0 Å². The molecule has 2 rings (SSSR count). The highest BCUT2D eigenvalue weighted by molar-refractivity contribution is 9.10. The van der Waals surface area contributed by atoms with E-state index < -0.39 is 10.0 Å². The molecule has 21 heavy (non-hydrogen) atoms. The Morgan fingerprint density at radius 3 is 2.57 bits per heavy atom. The molecule has 1 aromatic carbocycles. The summed E-state index contributed by atoms with van der Waals surface area (Å²) < 4.78 is 28.8. The molecular formula is C14H17BrN2O2S2. The minimum absolute atomic E-state index is 0.375. The lowest BCUT2D eigenvalue weighted by atomic mass is 10.2. The Bertz CT molecular complexity index is 734. The van der Waals surface area contributed by atoms with E-state index in [1.165, 1.54) is 11.3 Å². The molecule has 0 fully saturated rings. The first kappa shape index (κ1) is 16.5. The van der Waals surface area contributed by atoms with Crippen LogP contribution in [-0.4, -0.2) is 15.5 Å². The summed E-state index contributed by atoms with van der Waals surface area (Å²) in [5, 5.41) is 4.87. The molecule has 0 aliphatic heterocycles. The summed E-state index contributed by atoms with van der Waals surface area (Å²) in [5.41, 5.74) is 2.31. The van der Waals surface area contributed by atoms with Crippen molar-refractivity contribution in [3.63, 3.8) is 0 Å². The standard InChI is InChI=1S/C14H17BrN2O2S2/c1-9-4-11(15)6-12(5-9)17-21(18,19)14-10(2)8-20-13(14)7-16-3/h4-6,8,16-17H,7H2,1-3H3. The van der Waals surface area contributed by atoms with Gasteiger partial charge < -0.3 is 5.32 Å². The molecule has 0 aliphatic rings. The predicted molar refractivity (Wildman–Crippen MR) is 91.5 cm³/mol. The summed E-state index contributed by atoms with van der Waals surface area (Å²) in [4.78, 5) is 1.19. The molecule has 0 bridgehead atoms. The zero-order valence-electron chi connectivity index (χ0n) is 12.0. The highest BCUT2D eigenvalue weighted by Crippen LogP contribution is 2.29. The van der Waals surface area contributed by atoms with E-state index in [4.69, 9.17) is 0 Å². The summed E-state index contributed by atoms with van der Waals surface area (Å²) in [7, 11) is -1.79. The van der Waals surface area contributed by atoms with Gasteiger partial charge in [-0.15, -0.1) is 11.3 Å². The molecule has 0 amide bonds. The largest absolute Gasteiger partial charge is 0.315 e. The molecule has 1 heterocycles. The Kier molecular flexibility index (Phi) is 5.08. The van der Waals surface area contributed by atoms with E-state index in [0.29, 0.717) is 17.1 Å². The van der Waals surface area contributed by atoms with Crippen molar-refractivity contribution in [1.82, 2.24) is 5.32 Å². The van der Waals surface area contributed by atoms with Crippen molar-refractivity contribution in [2.45, 2.75) is 25.3 Å². The van der Waals surface area contributed by atoms with Crippen LogP contribution < -0.4 is 10.0 Å². The average molecular weight is 389 g/mol. The van der Waals surface area contributed by atoms with Crippen LogP contribution in [0.5, 0.6) is 0 Å². The van der Waals surface area contributed by atoms with E-state index in [9.17, 15) is 8.42 Å². The fourth-order valence-corrected chi connectivity index (χ4v) is 5.61. The Hall–Kier alpha value is -0.890. The lowest BCUT2D eigenvalue weighted by Crippen LogP contribution is -2.16.